The summed E-state index contributed by atoms with van der Waals surface area (Å²) in [6.07, 6.45) is 17.2. The van der Waals surface area contributed by atoms with Crippen molar-refractivity contribution in [1.82, 2.24) is 10.2 Å². The highest BCUT2D eigenvalue weighted by Gasteiger charge is 2.17. The Labute approximate surface area is 120 Å². The van der Waals surface area contributed by atoms with E-state index in [9.17, 15) is 0 Å². The summed E-state index contributed by atoms with van der Waals surface area (Å²) in [5.41, 5.74) is 0. The molecule has 0 saturated heterocycles. The Morgan fingerprint density at radius 2 is 1.42 bits per heavy atom. The first-order valence-corrected chi connectivity index (χ1v) is 8.80. The Balaban J connectivity index is 1.52. The van der Waals surface area contributed by atoms with Gasteiger partial charge in [-0.25, -0.2) is 0 Å². The van der Waals surface area contributed by atoms with E-state index in [2.05, 4.69) is 17.3 Å². The van der Waals surface area contributed by atoms with Crippen molar-refractivity contribution < 1.29 is 0 Å². The molecule has 1 N–H and O–H groups in total. The summed E-state index contributed by atoms with van der Waals surface area (Å²) in [6, 6.07) is 1.70. The molecule has 2 saturated carbocycles. The first-order valence-electron chi connectivity index (χ1n) is 8.80. The van der Waals surface area contributed by atoms with E-state index in [0.717, 1.165) is 12.1 Å². The van der Waals surface area contributed by atoms with Crippen LogP contribution in [-0.4, -0.2) is 37.1 Å². The fourth-order valence-electron chi connectivity index (χ4n) is 3.82. The molecule has 0 bridgehead atoms. The summed E-state index contributed by atoms with van der Waals surface area (Å²) in [5.74, 6) is 0. The largest absolute Gasteiger partial charge is 0.314 e. The molecule has 0 aromatic heterocycles. The third kappa shape index (κ3) is 5.83. The molecule has 0 amide bonds. The van der Waals surface area contributed by atoms with Gasteiger partial charge in [-0.2, -0.15) is 0 Å². The summed E-state index contributed by atoms with van der Waals surface area (Å²) < 4.78 is 0. The van der Waals surface area contributed by atoms with Gasteiger partial charge in [0.1, 0.15) is 0 Å². The molecule has 0 aromatic rings. The predicted molar refractivity (Wildman–Crippen MR) is 83.6 cm³/mol. The Morgan fingerprint density at radius 3 is 2.11 bits per heavy atom. The maximum atomic E-state index is 3.79. The second kappa shape index (κ2) is 8.97. The maximum absolute atomic E-state index is 3.79. The monoisotopic (exact) mass is 266 g/mol. The zero-order valence-corrected chi connectivity index (χ0v) is 13.0. The van der Waals surface area contributed by atoms with Crippen molar-refractivity contribution in [2.45, 2.75) is 89.1 Å². The third-order valence-electron chi connectivity index (χ3n) is 5.17. The highest BCUT2D eigenvalue weighted by atomic mass is 15.1. The van der Waals surface area contributed by atoms with Crippen molar-refractivity contribution in [1.29, 1.82) is 0 Å². The van der Waals surface area contributed by atoms with E-state index in [1.54, 1.807) is 0 Å². The van der Waals surface area contributed by atoms with Crippen molar-refractivity contribution in [2.75, 3.05) is 20.1 Å². The summed E-state index contributed by atoms with van der Waals surface area (Å²) in [7, 11) is 2.33. The molecule has 2 aliphatic rings. The first-order chi connectivity index (χ1) is 9.36. The van der Waals surface area contributed by atoms with E-state index in [1.807, 2.05) is 0 Å². The SMILES string of the molecule is CN(CCCNC1CCCCCC1)C1CCCCC1. The Hall–Kier alpha value is -0.0800. The van der Waals surface area contributed by atoms with Crippen LogP contribution in [0, 0.1) is 0 Å². The summed E-state index contributed by atoms with van der Waals surface area (Å²) in [6.45, 7) is 2.51. The Kier molecular flexibility index (Phi) is 7.23. The van der Waals surface area contributed by atoms with E-state index >= 15 is 0 Å². The van der Waals surface area contributed by atoms with E-state index in [0.29, 0.717) is 0 Å². The second-order valence-electron chi connectivity index (χ2n) is 6.77. The minimum Gasteiger partial charge on any atom is -0.314 e. The normalized spacial score (nSPS) is 23.7. The fourth-order valence-corrected chi connectivity index (χ4v) is 3.82. The first kappa shape index (κ1) is 15.3. The van der Waals surface area contributed by atoms with Gasteiger partial charge in [0.2, 0.25) is 0 Å². The van der Waals surface area contributed by atoms with Gasteiger partial charge in [0.15, 0.2) is 0 Å². The van der Waals surface area contributed by atoms with Crippen LogP contribution in [-0.2, 0) is 0 Å². The van der Waals surface area contributed by atoms with Crippen LogP contribution in [0.5, 0.6) is 0 Å². The van der Waals surface area contributed by atoms with Gasteiger partial charge in [-0.15, -0.1) is 0 Å². The molecular formula is C17H34N2. The lowest BCUT2D eigenvalue weighted by molar-refractivity contribution is 0.189. The van der Waals surface area contributed by atoms with Crippen LogP contribution in [0.2, 0.25) is 0 Å². The third-order valence-corrected chi connectivity index (χ3v) is 5.17. The summed E-state index contributed by atoms with van der Waals surface area (Å²) in [5, 5.41) is 3.79. The van der Waals surface area contributed by atoms with Crippen LogP contribution in [0.1, 0.15) is 77.0 Å². The van der Waals surface area contributed by atoms with Crippen molar-refractivity contribution in [3.8, 4) is 0 Å². The van der Waals surface area contributed by atoms with Crippen molar-refractivity contribution >= 4 is 0 Å². The van der Waals surface area contributed by atoms with E-state index < -0.39 is 0 Å². The molecule has 0 aromatic carbocycles. The molecule has 2 nitrogen and oxygen atoms in total. The molecule has 0 heterocycles. The van der Waals surface area contributed by atoms with Crippen molar-refractivity contribution in [3.63, 3.8) is 0 Å². The maximum Gasteiger partial charge on any atom is 0.00922 e. The van der Waals surface area contributed by atoms with Gasteiger partial charge < -0.3 is 10.2 Å². The quantitative estimate of drug-likeness (QED) is 0.578. The molecule has 2 fully saturated rings. The lowest BCUT2D eigenvalue weighted by Gasteiger charge is -2.31. The lowest BCUT2D eigenvalue weighted by atomic mass is 9.94. The topological polar surface area (TPSA) is 15.3 Å². The minimum absolute atomic E-state index is 0.822. The molecule has 19 heavy (non-hydrogen) atoms. The number of nitrogens with one attached hydrogen (secondary N) is 1. The van der Waals surface area contributed by atoms with Crippen molar-refractivity contribution in [3.05, 3.63) is 0 Å². The van der Waals surface area contributed by atoms with Crippen LogP contribution in [0.25, 0.3) is 0 Å². The highest BCUT2D eigenvalue weighted by molar-refractivity contribution is 4.74. The van der Waals surface area contributed by atoms with E-state index in [4.69, 9.17) is 0 Å². The molecule has 2 rings (SSSR count). The number of nitrogens with zero attached hydrogens (tertiary/aromatic N) is 1. The molecule has 0 atom stereocenters. The molecule has 112 valence electrons. The molecule has 0 spiro atoms. The van der Waals surface area contributed by atoms with Crippen molar-refractivity contribution in [2.24, 2.45) is 0 Å². The van der Waals surface area contributed by atoms with Gasteiger partial charge in [-0.05, 0) is 52.2 Å². The summed E-state index contributed by atoms with van der Waals surface area (Å²) >= 11 is 0. The van der Waals surface area contributed by atoms with Crippen LogP contribution in [0.4, 0.5) is 0 Å². The van der Waals surface area contributed by atoms with Crippen LogP contribution < -0.4 is 5.32 Å². The number of hydrogen-bond donors (Lipinski definition) is 1. The average Bonchev–Trinajstić information content (AvgIpc) is 2.73. The highest BCUT2D eigenvalue weighted by Crippen LogP contribution is 2.21. The van der Waals surface area contributed by atoms with Gasteiger partial charge >= 0.3 is 0 Å². The molecule has 2 heteroatoms. The molecule has 2 aliphatic carbocycles. The van der Waals surface area contributed by atoms with Gasteiger partial charge in [0, 0.05) is 12.1 Å². The van der Waals surface area contributed by atoms with Gasteiger partial charge in [0.05, 0.1) is 0 Å². The van der Waals surface area contributed by atoms with Gasteiger partial charge in [0.25, 0.3) is 0 Å². The fraction of sp³-hybridized carbons (Fsp3) is 1.00. The Morgan fingerprint density at radius 1 is 0.842 bits per heavy atom. The number of rotatable bonds is 6. The molecule has 0 radical (unpaired) electrons. The molecule has 0 unspecified atom stereocenters. The second-order valence-corrected chi connectivity index (χ2v) is 6.77. The Bertz CT molecular complexity index is 215. The standard InChI is InChI=1S/C17H34N2/c1-19(17-12-7-4-8-13-17)15-9-14-18-16-10-5-2-3-6-11-16/h16-18H,2-15H2,1H3. The zero-order chi connectivity index (χ0) is 13.3. The average molecular weight is 266 g/mol. The van der Waals surface area contributed by atoms with Crippen LogP contribution in [0.3, 0.4) is 0 Å². The van der Waals surface area contributed by atoms with Gasteiger partial charge in [-0.3, -0.25) is 0 Å². The predicted octanol–water partition coefficient (Wildman–Crippen LogP) is 3.95. The summed E-state index contributed by atoms with van der Waals surface area (Å²) in [4.78, 5) is 2.62. The van der Waals surface area contributed by atoms with Crippen LogP contribution in [0.15, 0.2) is 0 Å². The smallest absolute Gasteiger partial charge is 0.00922 e. The molecule has 0 aliphatic heterocycles. The van der Waals surface area contributed by atoms with E-state index in [-0.39, 0.29) is 0 Å². The van der Waals surface area contributed by atoms with Crippen LogP contribution >= 0.6 is 0 Å². The lowest BCUT2D eigenvalue weighted by Crippen LogP contribution is -2.36. The van der Waals surface area contributed by atoms with Gasteiger partial charge in [-0.1, -0.05) is 44.9 Å². The minimum atomic E-state index is 0.822. The molecular weight excluding hydrogens is 232 g/mol. The van der Waals surface area contributed by atoms with E-state index in [1.165, 1.54) is 90.1 Å². The number of hydrogen-bond acceptors (Lipinski definition) is 2. The zero-order valence-electron chi connectivity index (χ0n) is 13.0.